The van der Waals surface area contributed by atoms with Crippen LogP contribution in [-0.4, -0.2) is 26.5 Å². The first-order valence-corrected chi connectivity index (χ1v) is 10.2. The molecular weight excluding hydrogens is 386 g/mol. The van der Waals surface area contributed by atoms with Gasteiger partial charge in [-0.05, 0) is 74.2 Å². The van der Waals surface area contributed by atoms with Crippen molar-refractivity contribution in [3.8, 4) is 5.75 Å². The molecule has 0 spiro atoms. The summed E-state index contributed by atoms with van der Waals surface area (Å²) in [6.45, 7) is 8.22. The van der Waals surface area contributed by atoms with Crippen LogP contribution in [0.25, 0.3) is 0 Å². The molecule has 1 amide bonds. The number of nitrogens with two attached hydrogens (primary N) is 1. The largest absolute Gasteiger partial charge is 0.486 e. The number of ether oxygens (including phenoxy) is 1. The Kier molecular flexibility index (Phi) is 6.43. The molecule has 8 heteroatoms. The van der Waals surface area contributed by atoms with E-state index >= 15 is 0 Å². The molecular formula is C21H25N5O2S. The van der Waals surface area contributed by atoms with Gasteiger partial charge in [0, 0.05) is 5.69 Å². The van der Waals surface area contributed by atoms with Crippen LogP contribution in [-0.2, 0) is 11.4 Å². The third-order valence-corrected chi connectivity index (χ3v) is 5.08. The van der Waals surface area contributed by atoms with Gasteiger partial charge in [0.2, 0.25) is 11.1 Å². The summed E-state index contributed by atoms with van der Waals surface area (Å²) in [7, 11) is 0. The molecule has 0 radical (unpaired) electrons. The number of anilines is 1. The number of nitrogen functional groups attached to an aromatic ring is 1. The van der Waals surface area contributed by atoms with Gasteiger partial charge in [-0.25, -0.2) is 4.68 Å². The first kappa shape index (κ1) is 20.7. The van der Waals surface area contributed by atoms with E-state index in [1.54, 1.807) is 0 Å². The van der Waals surface area contributed by atoms with E-state index in [1.165, 1.54) is 16.4 Å². The molecule has 7 nitrogen and oxygen atoms in total. The molecule has 0 fully saturated rings. The molecule has 0 aliphatic carbocycles. The minimum atomic E-state index is -0.129. The molecule has 0 saturated heterocycles. The fourth-order valence-corrected chi connectivity index (χ4v) is 3.72. The number of carbonyl (C=O) groups excluding carboxylic acids is 1. The predicted octanol–water partition coefficient (Wildman–Crippen LogP) is 3.54. The van der Waals surface area contributed by atoms with Crippen LogP contribution >= 0.6 is 11.8 Å². The van der Waals surface area contributed by atoms with Crippen LogP contribution in [0.15, 0.2) is 41.6 Å². The number of carbonyl (C=O) groups is 1. The van der Waals surface area contributed by atoms with Gasteiger partial charge in [0.05, 0.1) is 5.75 Å². The zero-order valence-electron chi connectivity index (χ0n) is 17.0. The molecule has 3 aromatic rings. The maximum atomic E-state index is 12.2. The van der Waals surface area contributed by atoms with Crippen molar-refractivity contribution in [1.82, 2.24) is 14.9 Å². The summed E-state index contributed by atoms with van der Waals surface area (Å²) in [5, 5.41) is 11.5. The van der Waals surface area contributed by atoms with E-state index in [1.807, 2.05) is 52.0 Å². The molecule has 0 aliphatic rings. The van der Waals surface area contributed by atoms with Crippen molar-refractivity contribution in [2.75, 3.05) is 16.9 Å². The van der Waals surface area contributed by atoms with Crippen molar-refractivity contribution in [2.24, 2.45) is 0 Å². The topological polar surface area (TPSA) is 95.1 Å². The van der Waals surface area contributed by atoms with Crippen molar-refractivity contribution in [1.29, 1.82) is 0 Å². The first-order valence-electron chi connectivity index (χ1n) is 9.21. The minimum Gasteiger partial charge on any atom is -0.486 e. The highest BCUT2D eigenvalue weighted by Crippen LogP contribution is 2.20. The summed E-state index contributed by atoms with van der Waals surface area (Å²) in [4.78, 5) is 12.2. The van der Waals surface area contributed by atoms with Gasteiger partial charge in [-0.1, -0.05) is 23.9 Å². The molecule has 3 rings (SSSR count). The van der Waals surface area contributed by atoms with E-state index < -0.39 is 0 Å². The number of nitrogens with one attached hydrogen (secondary N) is 1. The highest BCUT2D eigenvalue weighted by molar-refractivity contribution is 7.99. The fraction of sp³-hybridized carbons (Fsp3) is 0.286. The van der Waals surface area contributed by atoms with Gasteiger partial charge in [-0.3, -0.25) is 4.79 Å². The van der Waals surface area contributed by atoms with Crippen LogP contribution in [0.4, 0.5) is 5.69 Å². The molecule has 152 valence electrons. The number of hydrogen-bond acceptors (Lipinski definition) is 6. The van der Waals surface area contributed by atoms with Crippen molar-refractivity contribution < 1.29 is 9.53 Å². The first-order chi connectivity index (χ1) is 13.8. The normalized spacial score (nSPS) is 10.8. The van der Waals surface area contributed by atoms with E-state index in [4.69, 9.17) is 10.6 Å². The van der Waals surface area contributed by atoms with Gasteiger partial charge < -0.3 is 15.9 Å². The Morgan fingerprint density at radius 3 is 2.21 bits per heavy atom. The Balaban J connectivity index is 1.55. The summed E-state index contributed by atoms with van der Waals surface area (Å²) in [5.41, 5.74) is 5.23. The fourth-order valence-electron chi connectivity index (χ4n) is 3.04. The zero-order chi connectivity index (χ0) is 21.0. The summed E-state index contributed by atoms with van der Waals surface area (Å²) < 4.78 is 7.14. The highest BCUT2D eigenvalue weighted by atomic mass is 32.2. The number of aryl methyl sites for hydroxylation is 4. The smallest absolute Gasteiger partial charge is 0.234 e. The highest BCUT2D eigenvalue weighted by Gasteiger charge is 2.13. The predicted molar refractivity (Wildman–Crippen MR) is 116 cm³/mol. The Labute approximate surface area is 174 Å². The Bertz CT molecular complexity index is 991. The van der Waals surface area contributed by atoms with Gasteiger partial charge in [-0.2, -0.15) is 0 Å². The minimum absolute atomic E-state index is 0.129. The van der Waals surface area contributed by atoms with Crippen LogP contribution in [0.1, 0.15) is 28.1 Å². The van der Waals surface area contributed by atoms with Crippen LogP contribution in [0, 0.1) is 27.7 Å². The average molecular weight is 412 g/mol. The number of aromatic nitrogens is 3. The van der Waals surface area contributed by atoms with Gasteiger partial charge in [0.15, 0.2) is 5.82 Å². The van der Waals surface area contributed by atoms with Gasteiger partial charge in [-0.15, -0.1) is 10.2 Å². The monoisotopic (exact) mass is 411 g/mol. The maximum absolute atomic E-state index is 12.2. The van der Waals surface area contributed by atoms with E-state index in [0.717, 1.165) is 33.7 Å². The van der Waals surface area contributed by atoms with Crippen LogP contribution in [0.5, 0.6) is 5.75 Å². The molecule has 2 aromatic carbocycles. The van der Waals surface area contributed by atoms with Crippen molar-refractivity contribution >= 4 is 23.4 Å². The maximum Gasteiger partial charge on any atom is 0.234 e. The summed E-state index contributed by atoms with van der Waals surface area (Å²) in [6, 6.07) is 11.9. The number of thioether (sulfide) groups is 1. The molecule has 3 N–H and O–H groups in total. The molecule has 0 aliphatic heterocycles. The Morgan fingerprint density at radius 2 is 1.59 bits per heavy atom. The number of nitrogens with zero attached hydrogens (tertiary/aromatic N) is 3. The quantitative estimate of drug-likeness (QED) is 0.456. The summed E-state index contributed by atoms with van der Waals surface area (Å²) in [6.07, 6.45) is 0. The van der Waals surface area contributed by atoms with Gasteiger partial charge in [0.1, 0.15) is 12.4 Å². The molecule has 29 heavy (non-hydrogen) atoms. The van der Waals surface area contributed by atoms with Crippen molar-refractivity contribution in [3.63, 3.8) is 0 Å². The second-order valence-corrected chi connectivity index (χ2v) is 8.04. The van der Waals surface area contributed by atoms with Crippen molar-refractivity contribution in [3.05, 3.63) is 64.5 Å². The summed E-state index contributed by atoms with van der Waals surface area (Å²) >= 11 is 1.23. The molecule has 0 atom stereocenters. The second kappa shape index (κ2) is 9.00. The zero-order valence-corrected chi connectivity index (χ0v) is 17.8. The third-order valence-electron chi connectivity index (χ3n) is 4.14. The average Bonchev–Trinajstić information content (AvgIpc) is 2.96. The van der Waals surface area contributed by atoms with Crippen molar-refractivity contribution in [2.45, 2.75) is 39.5 Å². The Hall–Kier alpha value is -3.00. The van der Waals surface area contributed by atoms with Gasteiger partial charge in [0.25, 0.3) is 0 Å². The number of hydrogen-bond donors (Lipinski definition) is 2. The lowest BCUT2D eigenvalue weighted by Crippen LogP contribution is -2.18. The van der Waals surface area contributed by atoms with E-state index in [2.05, 4.69) is 27.6 Å². The number of amides is 1. The molecule has 0 unspecified atom stereocenters. The third kappa shape index (κ3) is 5.74. The van der Waals surface area contributed by atoms with Gasteiger partial charge >= 0.3 is 0 Å². The number of benzene rings is 2. The van der Waals surface area contributed by atoms with E-state index in [9.17, 15) is 4.79 Å². The Morgan fingerprint density at radius 1 is 1.00 bits per heavy atom. The van der Waals surface area contributed by atoms with Crippen LogP contribution in [0.3, 0.4) is 0 Å². The second-order valence-electron chi connectivity index (χ2n) is 7.09. The van der Waals surface area contributed by atoms with E-state index in [0.29, 0.717) is 11.0 Å². The summed E-state index contributed by atoms with van der Waals surface area (Å²) in [5.74, 6) is 7.36. The number of rotatable bonds is 7. The lowest BCUT2D eigenvalue weighted by Gasteiger charge is -2.09. The standard InChI is InChI=1S/C21H25N5O2S/c1-13-5-14(2)8-17(7-13)23-20(27)12-29-21-25-24-19(26(21)22)11-28-18-9-15(3)6-16(4)10-18/h5-10H,11-12,22H2,1-4H3,(H,23,27). The van der Waals surface area contributed by atoms with Crippen LogP contribution < -0.4 is 15.9 Å². The molecule has 1 heterocycles. The lowest BCUT2D eigenvalue weighted by molar-refractivity contribution is -0.113. The molecule has 1 aromatic heterocycles. The molecule has 0 saturated carbocycles. The SMILES string of the molecule is Cc1cc(C)cc(NC(=O)CSc2nnc(COc3cc(C)cc(C)c3)n2N)c1. The molecule has 0 bridgehead atoms. The van der Waals surface area contributed by atoms with E-state index in [-0.39, 0.29) is 18.3 Å². The lowest BCUT2D eigenvalue weighted by atomic mass is 10.1. The van der Waals surface area contributed by atoms with Crippen LogP contribution in [0.2, 0.25) is 0 Å².